The summed E-state index contributed by atoms with van der Waals surface area (Å²) in [7, 11) is 1.85. The Morgan fingerprint density at radius 3 is 2.84 bits per heavy atom. The van der Waals surface area contributed by atoms with Crippen LogP contribution in [-0.4, -0.2) is 29.9 Å². The van der Waals surface area contributed by atoms with Crippen LogP contribution in [0.2, 0.25) is 0 Å². The molecule has 3 aromatic rings. The van der Waals surface area contributed by atoms with Crippen molar-refractivity contribution in [1.82, 2.24) is 29.9 Å². The predicted octanol–water partition coefficient (Wildman–Crippen LogP) is 1.52. The Morgan fingerprint density at radius 2 is 2.21 bits per heavy atom. The van der Waals surface area contributed by atoms with Crippen molar-refractivity contribution < 1.29 is 4.52 Å². The monoisotopic (exact) mass is 258 g/mol. The van der Waals surface area contributed by atoms with Crippen LogP contribution in [0.3, 0.4) is 0 Å². The average Bonchev–Trinajstić information content (AvgIpc) is 3.10. The van der Waals surface area contributed by atoms with E-state index in [-0.39, 0.29) is 0 Å². The number of aromatic nitrogens is 6. The molecular formula is C12H14N6O. The van der Waals surface area contributed by atoms with E-state index in [1.54, 1.807) is 17.2 Å². The fourth-order valence-corrected chi connectivity index (χ4v) is 1.83. The van der Waals surface area contributed by atoms with Crippen LogP contribution in [0.15, 0.2) is 29.3 Å². The summed E-state index contributed by atoms with van der Waals surface area (Å²) in [5, 5.41) is 8.23. The molecule has 3 heterocycles. The summed E-state index contributed by atoms with van der Waals surface area (Å²) in [5.41, 5.74) is 1.19. The van der Waals surface area contributed by atoms with Crippen LogP contribution in [0.1, 0.15) is 25.4 Å². The Labute approximate surface area is 109 Å². The van der Waals surface area contributed by atoms with Gasteiger partial charge in [0.15, 0.2) is 0 Å². The number of nitrogens with one attached hydrogen (secondary N) is 1. The topological polar surface area (TPSA) is 85.4 Å². The standard InChI is InChI=1S/C12H14N6O/c1-12(2,9-6-13-7-14-9)11-15-10(17-19-11)8-4-5-18(3)16-8/h4-7H,1-3H3,(H,13,14). The fraction of sp³-hybridized carbons (Fsp3) is 0.333. The molecule has 0 spiro atoms. The normalized spacial score (nSPS) is 11.9. The number of rotatable bonds is 3. The number of aromatic amines is 1. The lowest BCUT2D eigenvalue weighted by atomic mass is 9.90. The maximum absolute atomic E-state index is 5.36. The molecule has 0 unspecified atom stereocenters. The second-order valence-corrected chi connectivity index (χ2v) is 4.89. The van der Waals surface area contributed by atoms with Crippen LogP contribution in [0.5, 0.6) is 0 Å². The Morgan fingerprint density at radius 1 is 1.37 bits per heavy atom. The lowest BCUT2D eigenvalue weighted by Gasteiger charge is -2.17. The molecule has 0 aliphatic heterocycles. The highest BCUT2D eigenvalue weighted by molar-refractivity contribution is 5.47. The minimum atomic E-state index is -0.420. The minimum absolute atomic E-state index is 0.420. The first kappa shape index (κ1) is 11.6. The number of hydrogen-bond donors (Lipinski definition) is 1. The molecule has 19 heavy (non-hydrogen) atoms. The molecule has 7 heteroatoms. The van der Waals surface area contributed by atoms with Crippen LogP contribution in [0.4, 0.5) is 0 Å². The average molecular weight is 258 g/mol. The van der Waals surface area contributed by atoms with E-state index >= 15 is 0 Å². The van der Waals surface area contributed by atoms with Crippen LogP contribution in [0, 0.1) is 0 Å². The number of H-pyrrole nitrogens is 1. The number of imidazole rings is 1. The molecule has 3 aromatic heterocycles. The van der Waals surface area contributed by atoms with Gasteiger partial charge in [-0.2, -0.15) is 10.1 Å². The predicted molar refractivity (Wildman–Crippen MR) is 67.2 cm³/mol. The van der Waals surface area contributed by atoms with Crippen molar-refractivity contribution in [2.45, 2.75) is 19.3 Å². The van der Waals surface area contributed by atoms with Gasteiger partial charge in [-0.3, -0.25) is 4.68 Å². The summed E-state index contributed by atoms with van der Waals surface area (Å²) in [6, 6.07) is 1.85. The molecule has 0 aliphatic rings. The minimum Gasteiger partial charge on any atom is -0.348 e. The van der Waals surface area contributed by atoms with E-state index in [4.69, 9.17) is 4.52 Å². The van der Waals surface area contributed by atoms with Crippen molar-refractivity contribution in [1.29, 1.82) is 0 Å². The highest BCUT2D eigenvalue weighted by Crippen LogP contribution is 2.29. The zero-order valence-electron chi connectivity index (χ0n) is 11.0. The van der Waals surface area contributed by atoms with Crippen LogP contribution < -0.4 is 0 Å². The van der Waals surface area contributed by atoms with Gasteiger partial charge in [0, 0.05) is 25.1 Å². The van der Waals surface area contributed by atoms with E-state index in [9.17, 15) is 0 Å². The molecule has 7 nitrogen and oxygen atoms in total. The van der Waals surface area contributed by atoms with Crippen molar-refractivity contribution in [3.63, 3.8) is 0 Å². The van der Waals surface area contributed by atoms with E-state index in [1.807, 2.05) is 33.2 Å². The molecule has 0 radical (unpaired) electrons. The van der Waals surface area contributed by atoms with Gasteiger partial charge in [-0.05, 0) is 19.9 Å². The first-order valence-corrected chi connectivity index (χ1v) is 5.90. The van der Waals surface area contributed by atoms with E-state index in [0.29, 0.717) is 17.4 Å². The van der Waals surface area contributed by atoms with Crippen molar-refractivity contribution in [2.24, 2.45) is 7.05 Å². The van der Waals surface area contributed by atoms with Gasteiger partial charge >= 0.3 is 0 Å². The van der Waals surface area contributed by atoms with Gasteiger partial charge in [0.1, 0.15) is 5.69 Å². The van der Waals surface area contributed by atoms with Crippen LogP contribution >= 0.6 is 0 Å². The molecule has 0 amide bonds. The SMILES string of the molecule is Cn1ccc(-c2noc(C(C)(C)c3cnc[nH]3)n2)n1. The third-order valence-electron chi connectivity index (χ3n) is 3.07. The molecule has 0 saturated heterocycles. The zero-order valence-corrected chi connectivity index (χ0v) is 11.0. The Kier molecular flexibility index (Phi) is 2.48. The van der Waals surface area contributed by atoms with E-state index < -0.39 is 5.41 Å². The number of aryl methyl sites for hydroxylation is 1. The summed E-state index contributed by atoms with van der Waals surface area (Å²) in [6.45, 7) is 3.99. The van der Waals surface area contributed by atoms with Gasteiger partial charge in [0.2, 0.25) is 11.7 Å². The number of nitrogens with zero attached hydrogens (tertiary/aromatic N) is 5. The molecule has 0 aromatic carbocycles. The second-order valence-electron chi connectivity index (χ2n) is 4.89. The molecule has 0 saturated carbocycles. The molecule has 0 aliphatic carbocycles. The third-order valence-corrected chi connectivity index (χ3v) is 3.07. The van der Waals surface area contributed by atoms with Gasteiger partial charge in [-0.15, -0.1) is 0 Å². The summed E-state index contributed by atoms with van der Waals surface area (Å²) >= 11 is 0. The Bertz CT molecular complexity index is 679. The Hall–Kier alpha value is -2.44. The molecule has 1 N–H and O–H groups in total. The highest BCUT2D eigenvalue weighted by atomic mass is 16.5. The largest absolute Gasteiger partial charge is 0.348 e. The van der Waals surface area contributed by atoms with E-state index in [2.05, 4.69) is 25.2 Å². The second kappa shape index (κ2) is 4.04. The van der Waals surface area contributed by atoms with Crippen molar-refractivity contribution >= 4 is 0 Å². The van der Waals surface area contributed by atoms with E-state index in [1.165, 1.54) is 0 Å². The van der Waals surface area contributed by atoms with Gasteiger partial charge < -0.3 is 9.51 Å². The van der Waals surface area contributed by atoms with Gasteiger partial charge in [-0.25, -0.2) is 4.98 Å². The quantitative estimate of drug-likeness (QED) is 0.769. The first-order chi connectivity index (χ1) is 9.07. The summed E-state index contributed by atoms with van der Waals surface area (Å²) in [4.78, 5) is 11.5. The summed E-state index contributed by atoms with van der Waals surface area (Å²) in [5.74, 6) is 1.01. The maximum atomic E-state index is 5.36. The van der Waals surface area contributed by atoms with Gasteiger partial charge in [-0.1, -0.05) is 5.16 Å². The molecule has 0 atom stereocenters. The van der Waals surface area contributed by atoms with Crippen LogP contribution in [-0.2, 0) is 12.5 Å². The van der Waals surface area contributed by atoms with Gasteiger partial charge in [0.25, 0.3) is 0 Å². The first-order valence-electron chi connectivity index (χ1n) is 5.90. The maximum Gasteiger partial charge on any atom is 0.238 e. The fourth-order valence-electron chi connectivity index (χ4n) is 1.83. The summed E-state index contributed by atoms with van der Waals surface area (Å²) in [6.07, 6.45) is 5.23. The molecule has 0 fully saturated rings. The molecule has 98 valence electrons. The molecule has 0 bridgehead atoms. The lowest BCUT2D eigenvalue weighted by Crippen LogP contribution is -2.19. The third kappa shape index (κ3) is 1.92. The van der Waals surface area contributed by atoms with Crippen molar-refractivity contribution in [3.05, 3.63) is 36.4 Å². The Balaban J connectivity index is 1.97. The summed E-state index contributed by atoms with van der Waals surface area (Å²) < 4.78 is 7.06. The number of hydrogen-bond acceptors (Lipinski definition) is 5. The molecule has 3 rings (SSSR count). The van der Waals surface area contributed by atoms with Gasteiger partial charge in [0.05, 0.1) is 11.7 Å². The van der Waals surface area contributed by atoms with Crippen molar-refractivity contribution in [3.8, 4) is 11.5 Å². The van der Waals surface area contributed by atoms with Crippen LogP contribution in [0.25, 0.3) is 11.5 Å². The smallest absolute Gasteiger partial charge is 0.238 e. The molecular weight excluding hydrogens is 244 g/mol. The highest BCUT2D eigenvalue weighted by Gasteiger charge is 2.31. The van der Waals surface area contributed by atoms with Crippen molar-refractivity contribution in [2.75, 3.05) is 0 Å². The lowest BCUT2D eigenvalue weighted by molar-refractivity contribution is 0.330. The van der Waals surface area contributed by atoms with E-state index in [0.717, 1.165) is 5.69 Å². The zero-order chi connectivity index (χ0) is 13.5.